The molecule has 2 atom stereocenters. The van der Waals surface area contributed by atoms with E-state index in [9.17, 15) is 0 Å². The maximum absolute atomic E-state index is 4.05. The number of pyridine rings is 1. The molecule has 0 aliphatic rings. The quantitative estimate of drug-likeness (QED) is 0.766. The lowest BCUT2D eigenvalue weighted by Crippen LogP contribution is -2.46. The van der Waals surface area contributed by atoms with Crippen LogP contribution in [0.3, 0.4) is 0 Å². The van der Waals surface area contributed by atoms with Gasteiger partial charge < -0.3 is 10.2 Å². The Morgan fingerprint density at radius 3 is 2.56 bits per heavy atom. The van der Waals surface area contributed by atoms with Gasteiger partial charge in [0.25, 0.3) is 0 Å². The molecule has 1 heterocycles. The van der Waals surface area contributed by atoms with Crippen molar-refractivity contribution >= 4 is 0 Å². The van der Waals surface area contributed by atoms with E-state index in [1.165, 1.54) is 12.0 Å². The van der Waals surface area contributed by atoms with Gasteiger partial charge in [0.1, 0.15) is 0 Å². The van der Waals surface area contributed by atoms with Crippen LogP contribution in [0, 0.1) is 0 Å². The summed E-state index contributed by atoms with van der Waals surface area (Å²) in [6.45, 7) is 8.95. The molecule has 2 unspecified atom stereocenters. The molecule has 3 nitrogen and oxygen atoms in total. The first kappa shape index (κ1) is 15.1. The molecule has 102 valence electrons. The van der Waals surface area contributed by atoms with Crippen molar-refractivity contribution in [2.75, 3.05) is 20.1 Å². The maximum atomic E-state index is 4.05. The van der Waals surface area contributed by atoms with Crippen LogP contribution in [0.15, 0.2) is 24.5 Å². The predicted molar refractivity (Wildman–Crippen MR) is 77.8 cm³/mol. The highest BCUT2D eigenvalue weighted by Gasteiger charge is 2.15. The molecule has 0 saturated heterocycles. The second-order valence-electron chi connectivity index (χ2n) is 5.07. The molecule has 18 heavy (non-hydrogen) atoms. The summed E-state index contributed by atoms with van der Waals surface area (Å²) < 4.78 is 0. The van der Waals surface area contributed by atoms with Crippen molar-refractivity contribution in [3.63, 3.8) is 0 Å². The molecule has 0 aromatic carbocycles. The highest BCUT2D eigenvalue weighted by atomic mass is 15.2. The molecule has 0 spiro atoms. The van der Waals surface area contributed by atoms with Crippen molar-refractivity contribution in [3.8, 4) is 0 Å². The average molecular weight is 249 g/mol. The lowest BCUT2D eigenvalue weighted by molar-refractivity contribution is 0.216. The van der Waals surface area contributed by atoms with Crippen LogP contribution < -0.4 is 5.32 Å². The van der Waals surface area contributed by atoms with Crippen LogP contribution >= 0.6 is 0 Å². The molecule has 1 rings (SSSR count). The van der Waals surface area contributed by atoms with Gasteiger partial charge in [-0.3, -0.25) is 4.98 Å². The summed E-state index contributed by atoms with van der Waals surface area (Å²) in [7, 11) is 2.20. The number of aromatic nitrogens is 1. The number of nitrogens with one attached hydrogen (secondary N) is 1. The molecule has 0 bridgehead atoms. The highest BCUT2D eigenvalue weighted by molar-refractivity contribution is 5.09. The van der Waals surface area contributed by atoms with E-state index in [1.54, 1.807) is 0 Å². The molecule has 1 aromatic rings. The van der Waals surface area contributed by atoms with Crippen LogP contribution in [-0.4, -0.2) is 42.1 Å². The summed E-state index contributed by atoms with van der Waals surface area (Å²) in [5, 5.41) is 3.56. The SMILES string of the molecule is CCCNC(C)C(C)N(C)CCc1ccncc1. The first-order valence-electron chi connectivity index (χ1n) is 6.97. The number of likely N-dealkylation sites (N-methyl/N-ethyl adjacent to an activating group) is 1. The van der Waals surface area contributed by atoms with E-state index in [1.807, 2.05) is 12.4 Å². The van der Waals surface area contributed by atoms with E-state index in [-0.39, 0.29) is 0 Å². The van der Waals surface area contributed by atoms with E-state index in [4.69, 9.17) is 0 Å². The van der Waals surface area contributed by atoms with E-state index in [2.05, 4.69) is 55.2 Å². The molecular formula is C15H27N3. The molecular weight excluding hydrogens is 222 g/mol. The second kappa shape index (κ2) is 8.22. The second-order valence-corrected chi connectivity index (χ2v) is 5.07. The fourth-order valence-electron chi connectivity index (χ4n) is 1.98. The van der Waals surface area contributed by atoms with Crippen LogP contribution in [0.1, 0.15) is 32.8 Å². The zero-order valence-electron chi connectivity index (χ0n) is 12.2. The summed E-state index contributed by atoms with van der Waals surface area (Å²) in [5.74, 6) is 0. The molecule has 0 radical (unpaired) electrons. The number of hydrogen-bond acceptors (Lipinski definition) is 3. The van der Waals surface area contributed by atoms with Crippen molar-refractivity contribution in [2.45, 2.75) is 45.7 Å². The topological polar surface area (TPSA) is 28.2 Å². The van der Waals surface area contributed by atoms with Gasteiger partial charge in [-0.15, -0.1) is 0 Å². The zero-order valence-corrected chi connectivity index (χ0v) is 12.2. The minimum atomic E-state index is 0.535. The van der Waals surface area contributed by atoms with Gasteiger partial charge in [-0.2, -0.15) is 0 Å². The fourth-order valence-corrected chi connectivity index (χ4v) is 1.98. The van der Waals surface area contributed by atoms with Gasteiger partial charge >= 0.3 is 0 Å². The van der Waals surface area contributed by atoms with Gasteiger partial charge in [-0.1, -0.05) is 6.92 Å². The third kappa shape index (κ3) is 5.15. The molecule has 0 fully saturated rings. The minimum absolute atomic E-state index is 0.535. The Balaban J connectivity index is 2.33. The highest BCUT2D eigenvalue weighted by Crippen LogP contribution is 2.05. The Labute approximate surface area is 112 Å². The summed E-state index contributed by atoms with van der Waals surface area (Å²) in [6.07, 6.45) is 6.01. The standard InChI is InChI=1S/C15H27N3/c1-5-9-17-13(2)14(3)18(4)12-8-15-6-10-16-11-7-15/h6-7,10-11,13-14,17H,5,8-9,12H2,1-4H3. The summed E-state index contributed by atoms with van der Waals surface area (Å²) in [4.78, 5) is 6.47. The van der Waals surface area contributed by atoms with E-state index in [0.29, 0.717) is 12.1 Å². The Morgan fingerprint density at radius 1 is 1.28 bits per heavy atom. The molecule has 0 aliphatic heterocycles. The van der Waals surface area contributed by atoms with Crippen molar-refractivity contribution < 1.29 is 0 Å². The monoisotopic (exact) mass is 249 g/mol. The summed E-state index contributed by atoms with van der Waals surface area (Å²) in [6, 6.07) is 5.28. The number of hydrogen-bond donors (Lipinski definition) is 1. The summed E-state index contributed by atoms with van der Waals surface area (Å²) in [5.41, 5.74) is 1.36. The van der Waals surface area contributed by atoms with Crippen molar-refractivity contribution in [1.82, 2.24) is 15.2 Å². The van der Waals surface area contributed by atoms with Gasteiger partial charge in [-0.05, 0) is 58.0 Å². The van der Waals surface area contributed by atoms with Gasteiger partial charge in [0.05, 0.1) is 0 Å². The zero-order chi connectivity index (χ0) is 13.4. The first-order chi connectivity index (χ1) is 8.65. The largest absolute Gasteiger partial charge is 0.313 e. The van der Waals surface area contributed by atoms with Crippen molar-refractivity contribution in [3.05, 3.63) is 30.1 Å². The van der Waals surface area contributed by atoms with Crippen LogP contribution in [0.5, 0.6) is 0 Å². The molecule has 3 heteroatoms. The average Bonchev–Trinajstić information content (AvgIpc) is 2.42. The molecule has 0 amide bonds. The van der Waals surface area contributed by atoms with Crippen LogP contribution in [0.4, 0.5) is 0 Å². The Kier molecular flexibility index (Phi) is 6.91. The number of nitrogens with zero attached hydrogens (tertiary/aromatic N) is 2. The Bertz CT molecular complexity index is 313. The van der Waals surface area contributed by atoms with E-state index < -0.39 is 0 Å². The lowest BCUT2D eigenvalue weighted by Gasteiger charge is -2.30. The Hall–Kier alpha value is -0.930. The van der Waals surface area contributed by atoms with Crippen LogP contribution in [0.25, 0.3) is 0 Å². The predicted octanol–water partition coefficient (Wildman–Crippen LogP) is 2.33. The fraction of sp³-hybridized carbons (Fsp3) is 0.667. The number of rotatable bonds is 8. The normalized spacial score (nSPS) is 14.7. The van der Waals surface area contributed by atoms with Gasteiger partial charge in [-0.25, -0.2) is 0 Å². The molecule has 0 aliphatic carbocycles. The molecule has 1 N–H and O–H groups in total. The van der Waals surface area contributed by atoms with Gasteiger partial charge in [0, 0.05) is 31.0 Å². The van der Waals surface area contributed by atoms with Crippen molar-refractivity contribution in [2.24, 2.45) is 0 Å². The smallest absolute Gasteiger partial charge is 0.0270 e. The van der Waals surface area contributed by atoms with Crippen LogP contribution in [-0.2, 0) is 6.42 Å². The van der Waals surface area contributed by atoms with Crippen molar-refractivity contribution in [1.29, 1.82) is 0 Å². The third-order valence-corrected chi connectivity index (χ3v) is 3.64. The first-order valence-corrected chi connectivity index (χ1v) is 6.97. The van der Waals surface area contributed by atoms with Crippen LogP contribution in [0.2, 0.25) is 0 Å². The Morgan fingerprint density at radius 2 is 1.94 bits per heavy atom. The summed E-state index contributed by atoms with van der Waals surface area (Å²) >= 11 is 0. The third-order valence-electron chi connectivity index (χ3n) is 3.64. The van der Waals surface area contributed by atoms with Gasteiger partial charge in [0.15, 0.2) is 0 Å². The maximum Gasteiger partial charge on any atom is 0.0270 e. The molecule has 0 saturated carbocycles. The van der Waals surface area contributed by atoms with E-state index in [0.717, 1.165) is 19.5 Å². The lowest BCUT2D eigenvalue weighted by atomic mass is 10.1. The van der Waals surface area contributed by atoms with E-state index >= 15 is 0 Å². The minimum Gasteiger partial charge on any atom is -0.313 e. The van der Waals surface area contributed by atoms with Gasteiger partial charge in [0.2, 0.25) is 0 Å². The molecule has 1 aromatic heterocycles.